The topological polar surface area (TPSA) is 174 Å². The van der Waals surface area contributed by atoms with Gasteiger partial charge >= 0.3 is 5.97 Å². The number of guanidine groups is 1. The highest BCUT2D eigenvalue weighted by atomic mass is 35.5. The Morgan fingerprint density at radius 3 is 2.50 bits per heavy atom. The zero-order valence-corrected chi connectivity index (χ0v) is 25.1. The van der Waals surface area contributed by atoms with Crippen LogP contribution in [0.25, 0.3) is 0 Å². The Balaban J connectivity index is 0.00000280. The second-order valence-corrected chi connectivity index (χ2v) is 12.3. The van der Waals surface area contributed by atoms with E-state index in [4.69, 9.17) is 16.9 Å². The number of halogens is 2. The van der Waals surface area contributed by atoms with Gasteiger partial charge in [0.05, 0.1) is 10.9 Å². The summed E-state index contributed by atoms with van der Waals surface area (Å²) in [5.74, 6) is -2.51. The molecule has 3 heterocycles. The molecule has 0 bridgehead atoms. The molecule has 0 spiro atoms. The van der Waals surface area contributed by atoms with E-state index in [1.165, 1.54) is 6.07 Å². The number of carbonyl (C=O) groups is 2. The minimum Gasteiger partial charge on any atom is -0.479 e. The molecule has 1 aromatic rings. The fourth-order valence-electron chi connectivity index (χ4n) is 5.57. The number of rotatable bonds is 7. The van der Waals surface area contributed by atoms with Crippen LogP contribution in [0.5, 0.6) is 0 Å². The number of nitrogens with zero attached hydrogens (tertiary/aromatic N) is 3. The minimum atomic E-state index is -4.38. The fraction of sp³-hybridized carbons (Fsp3) is 0.500. The molecule has 0 fully saturated rings. The number of Topliss-reactive ketones (excluding diaryl/α,β-unsaturated/α-hetero) is 1. The van der Waals surface area contributed by atoms with Crippen LogP contribution in [0.4, 0.5) is 0 Å². The van der Waals surface area contributed by atoms with Gasteiger partial charge in [-0.2, -0.15) is 4.31 Å². The number of likely N-dealkylation sites (N-methyl/N-ethyl adjacent to an activating group) is 1. The van der Waals surface area contributed by atoms with E-state index in [1.54, 1.807) is 30.0 Å². The highest BCUT2D eigenvalue weighted by Gasteiger charge is 2.58. The maximum absolute atomic E-state index is 14.0. The van der Waals surface area contributed by atoms with Crippen LogP contribution in [0, 0.1) is 5.41 Å². The van der Waals surface area contributed by atoms with Crippen molar-refractivity contribution in [3.05, 3.63) is 52.6 Å². The molecule has 6 N–H and O–H groups in total. The van der Waals surface area contributed by atoms with Crippen LogP contribution in [-0.4, -0.2) is 90.1 Å². The standard InChI is InChI=1S/C26H36N6O5S.2ClH/c1-17-7-11-32(38(36,37)21-6-5-19-8-10-30(2)16-20(19)13-21)26(14-17,24(34)35)23(33)22(27)12-18-4-3-9-31(15-18)25(28)29;;/h4-7,13,22H,3,8-12,14-16,27H2,1-2H3,(H3,28,29)(H,34,35);2*1H/t22?,26-;;/m0../s1. The van der Waals surface area contributed by atoms with Gasteiger partial charge in [-0.05, 0) is 56.5 Å². The quantitative estimate of drug-likeness (QED) is 0.153. The van der Waals surface area contributed by atoms with Crippen molar-refractivity contribution in [3.63, 3.8) is 0 Å². The first-order chi connectivity index (χ1) is 17.9. The van der Waals surface area contributed by atoms with E-state index in [-0.39, 0.29) is 55.1 Å². The van der Waals surface area contributed by atoms with E-state index in [9.17, 15) is 23.1 Å². The maximum atomic E-state index is 14.0. The smallest absolute Gasteiger partial charge is 0.333 e. The Morgan fingerprint density at radius 2 is 1.85 bits per heavy atom. The largest absolute Gasteiger partial charge is 0.479 e. The molecule has 1 unspecified atom stereocenters. The van der Waals surface area contributed by atoms with Crippen LogP contribution in [0.3, 0.4) is 0 Å². The Bertz CT molecular complexity index is 1330. The normalized spacial score (nSPS) is 22.5. The van der Waals surface area contributed by atoms with Gasteiger partial charge in [-0.3, -0.25) is 10.2 Å². The van der Waals surface area contributed by atoms with E-state index >= 15 is 0 Å². The van der Waals surface area contributed by atoms with Crippen LogP contribution in [-0.2, 0) is 32.6 Å². The Hall–Kier alpha value is -2.48. The summed E-state index contributed by atoms with van der Waals surface area (Å²) in [6.45, 7) is 3.75. The number of sulfonamides is 1. The van der Waals surface area contributed by atoms with Crippen molar-refractivity contribution >= 4 is 52.5 Å². The Kier molecular flexibility index (Phi) is 11.0. The predicted octanol–water partition coefficient (Wildman–Crippen LogP) is 1.49. The lowest BCUT2D eigenvalue weighted by Gasteiger charge is -2.42. The lowest BCUT2D eigenvalue weighted by atomic mass is 9.80. The molecule has 11 nitrogen and oxygen atoms in total. The average molecular weight is 618 g/mol. The number of carboxylic acids is 1. The fourth-order valence-corrected chi connectivity index (χ4v) is 7.27. The van der Waals surface area contributed by atoms with Crippen LogP contribution >= 0.6 is 24.8 Å². The summed E-state index contributed by atoms with van der Waals surface area (Å²) in [4.78, 5) is 30.5. The molecular weight excluding hydrogens is 579 g/mol. The van der Waals surface area contributed by atoms with E-state index in [0.717, 1.165) is 34.0 Å². The van der Waals surface area contributed by atoms with Crippen molar-refractivity contribution in [2.24, 2.45) is 11.5 Å². The first kappa shape index (κ1) is 33.7. The number of ketones is 1. The maximum Gasteiger partial charge on any atom is 0.333 e. The predicted molar refractivity (Wildman–Crippen MR) is 157 cm³/mol. The van der Waals surface area contributed by atoms with Crippen molar-refractivity contribution in [2.45, 2.75) is 55.6 Å². The van der Waals surface area contributed by atoms with E-state index in [2.05, 4.69) is 4.90 Å². The molecule has 0 saturated carbocycles. The zero-order chi connectivity index (χ0) is 27.8. The molecule has 0 saturated heterocycles. The van der Waals surface area contributed by atoms with Crippen molar-refractivity contribution < 1.29 is 23.1 Å². The molecule has 0 aliphatic carbocycles. The molecule has 2 atom stereocenters. The third-order valence-electron chi connectivity index (χ3n) is 7.68. The summed E-state index contributed by atoms with van der Waals surface area (Å²) in [6.07, 6.45) is 4.69. The summed E-state index contributed by atoms with van der Waals surface area (Å²) in [6, 6.07) is 3.59. The molecule has 3 aliphatic heterocycles. The number of hydrogen-bond donors (Lipinski definition) is 4. The Labute approximate surface area is 247 Å². The van der Waals surface area contributed by atoms with Gasteiger partial charge in [0.15, 0.2) is 17.3 Å². The van der Waals surface area contributed by atoms with Gasteiger partial charge in [0.1, 0.15) is 0 Å². The lowest BCUT2D eigenvalue weighted by molar-refractivity contribution is -0.155. The number of carboxylic acid groups (broad SMARTS) is 1. The molecule has 0 radical (unpaired) electrons. The molecule has 14 heteroatoms. The van der Waals surface area contributed by atoms with Gasteiger partial charge in [0.2, 0.25) is 10.0 Å². The second-order valence-electron chi connectivity index (χ2n) is 10.5. The second kappa shape index (κ2) is 13.0. The summed E-state index contributed by atoms with van der Waals surface area (Å²) in [5, 5.41) is 18.2. The van der Waals surface area contributed by atoms with Crippen molar-refractivity contribution in [3.8, 4) is 0 Å². The van der Waals surface area contributed by atoms with E-state index in [1.807, 2.05) is 13.1 Å². The summed E-state index contributed by atoms with van der Waals surface area (Å²) < 4.78 is 28.8. The Morgan fingerprint density at radius 1 is 1.15 bits per heavy atom. The molecule has 4 rings (SSSR count). The average Bonchev–Trinajstić information content (AvgIpc) is 2.87. The first-order valence-electron chi connectivity index (χ1n) is 12.6. The third kappa shape index (κ3) is 6.37. The first-order valence-corrected chi connectivity index (χ1v) is 14.1. The highest BCUT2D eigenvalue weighted by molar-refractivity contribution is 7.89. The summed E-state index contributed by atoms with van der Waals surface area (Å²) >= 11 is 0. The van der Waals surface area contributed by atoms with Crippen LogP contribution in [0.1, 0.15) is 37.3 Å². The number of nitrogens with one attached hydrogen (secondary N) is 1. The van der Waals surface area contributed by atoms with Crippen molar-refractivity contribution in [1.82, 2.24) is 14.1 Å². The number of benzene rings is 1. The number of hydrogen-bond acceptors (Lipinski definition) is 7. The lowest BCUT2D eigenvalue weighted by Crippen LogP contribution is -2.66. The molecular formula is C26H38Cl2N6O5S. The molecule has 1 aromatic carbocycles. The van der Waals surface area contributed by atoms with Crippen molar-refractivity contribution in [1.29, 1.82) is 5.41 Å². The van der Waals surface area contributed by atoms with Crippen LogP contribution in [0.2, 0.25) is 0 Å². The molecule has 0 amide bonds. The van der Waals surface area contributed by atoms with E-state index in [0.29, 0.717) is 31.6 Å². The van der Waals surface area contributed by atoms with Crippen LogP contribution < -0.4 is 11.5 Å². The van der Waals surface area contributed by atoms with Gasteiger partial charge in [0.25, 0.3) is 0 Å². The summed E-state index contributed by atoms with van der Waals surface area (Å²) in [7, 11) is -2.42. The number of aliphatic carboxylic acids is 1. The number of fused-ring (bicyclic) bond motifs is 1. The van der Waals surface area contributed by atoms with E-state index < -0.39 is 33.4 Å². The number of nitrogens with two attached hydrogens (primary N) is 2. The van der Waals surface area contributed by atoms with Gasteiger partial charge < -0.3 is 26.4 Å². The monoisotopic (exact) mass is 616 g/mol. The third-order valence-corrected chi connectivity index (χ3v) is 9.57. The molecule has 0 aromatic heterocycles. The molecule has 40 heavy (non-hydrogen) atoms. The van der Waals surface area contributed by atoms with Gasteiger partial charge in [-0.1, -0.05) is 29.4 Å². The highest BCUT2D eigenvalue weighted by Crippen LogP contribution is 2.37. The van der Waals surface area contributed by atoms with Gasteiger partial charge in [0, 0.05) is 39.1 Å². The SMILES string of the molecule is CC1=CCN(S(=O)(=O)c2ccc3c(c2)CN(C)CC3)[C@](C(=O)O)(C(=O)C(N)CC2=CCCN(C(=N)N)C2)C1.Cl.Cl. The molecule has 3 aliphatic rings. The van der Waals surface area contributed by atoms with Gasteiger partial charge in [-0.25, -0.2) is 13.2 Å². The summed E-state index contributed by atoms with van der Waals surface area (Å²) in [5.41, 5.74) is 12.8. The number of carbonyl (C=O) groups excluding carboxylic acids is 1. The zero-order valence-electron chi connectivity index (χ0n) is 22.6. The van der Waals surface area contributed by atoms with Crippen LogP contribution in [0.15, 0.2) is 46.4 Å². The van der Waals surface area contributed by atoms with Gasteiger partial charge in [-0.15, -0.1) is 24.8 Å². The van der Waals surface area contributed by atoms with Crippen molar-refractivity contribution in [2.75, 3.05) is 33.2 Å². The minimum absolute atomic E-state index is 0. The molecule has 222 valence electrons.